The summed E-state index contributed by atoms with van der Waals surface area (Å²) in [5.74, 6) is -0.890. The Morgan fingerprint density at radius 3 is 2.36 bits per heavy atom. The Bertz CT molecular complexity index is 2330. The zero-order valence-electron chi connectivity index (χ0n) is 36.2. The predicted octanol–water partition coefficient (Wildman–Crippen LogP) is 6.10. The molecular formula is C44H55F4N11O5. The number of halogens is 4. The van der Waals surface area contributed by atoms with E-state index < -0.39 is 47.4 Å². The summed E-state index contributed by atoms with van der Waals surface area (Å²) in [4.78, 5) is 60.8. The van der Waals surface area contributed by atoms with Gasteiger partial charge in [0.1, 0.15) is 23.2 Å². The topological polar surface area (TPSA) is 171 Å². The first kappa shape index (κ1) is 44.8. The molecule has 1 aromatic carbocycles. The van der Waals surface area contributed by atoms with Crippen molar-refractivity contribution in [3.8, 4) is 0 Å². The van der Waals surface area contributed by atoms with Crippen LogP contribution in [-0.2, 0) is 20.5 Å². The highest BCUT2D eigenvalue weighted by Crippen LogP contribution is 2.39. The number of rotatable bonds is 10. The van der Waals surface area contributed by atoms with Crippen molar-refractivity contribution in [3.63, 3.8) is 0 Å². The Hall–Kier alpha value is -5.79. The number of piperidine rings is 2. The van der Waals surface area contributed by atoms with Crippen molar-refractivity contribution in [2.75, 3.05) is 60.9 Å². The van der Waals surface area contributed by atoms with Crippen LogP contribution < -0.4 is 25.8 Å². The normalized spacial score (nSPS) is 23.8. The number of ether oxygens (including phenoxy) is 1. The number of carbonyl (C=O) groups is 4. The van der Waals surface area contributed by atoms with Crippen molar-refractivity contribution in [1.82, 2.24) is 39.9 Å². The Labute approximate surface area is 368 Å². The van der Waals surface area contributed by atoms with Gasteiger partial charge in [0.2, 0.25) is 11.8 Å². The van der Waals surface area contributed by atoms with Gasteiger partial charge in [-0.3, -0.25) is 29.3 Å². The van der Waals surface area contributed by atoms with Crippen LogP contribution in [0.4, 0.5) is 39.5 Å². The van der Waals surface area contributed by atoms with Crippen molar-refractivity contribution in [2.45, 2.75) is 108 Å². The largest absolute Gasteiger partial charge is 0.444 e. The first-order chi connectivity index (χ1) is 30.5. The molecule has 4 aliphatic rings. The van der Waals surface area contributed by atoms with Crippen molar-refractivity contribution >= 4 is 46.7 Å². The highest BCUT2D eigenvalue weighted by Gasteiger charge is 2.39. The lowest BCUT2D eigenvalue weighted by Crippen LogP contribution is -2.52. The zero-order chi connectivity index (χ0) is 45.3. The van der Waals surface area contributed by atoms with Crippen LogP contribution in [-0.4, -0.2) is 117 Å². The summed E-state index contributed by atoms with van der Waals surface area (Å²) in [6, 6.07) is 8.79. The summed E-state index contributed by atoms with van der Waals surface area (Å²) in [5.41, 5.74) is -0.398. The van der Waals surface area contributed by atoms with Crippen molar-refractivity contribution in [3.05, 3.63) is 65.7 Å². The van der Waals surface area contributed by atoms with Crippen LogP contribution in [0.25, 0.3) is 5.65 Å². The molecule has 16 nitrogen and oxygen atoms in total. The maximum absolute atomic E-state index is 14.9. The van der Waals surface area contributed by atoms with E-state index in [0.29, 0.717) is 37.4 Å². The summed E-state index contributed by atoms with van der Waals surface area (Å²) < 4.78 is 66.0. The molecule has 4 aromatic rings. The summed E-state index contributed by atoms with van der Waals surface area (Å²) >= 11 is 0. The maximum Gasteiger partial charge on any atom is 0.437 e. The van der Waals surface area contributed by atoms with Crippen LogP contribution in [0.15, 0.2) is 48.9 Å². The molecule has 8 rings (SSSR count). The number of nitrogens with one attached hydrogen (secondary N) is 3. The molecule has 0 bridgehead atoms. The number of hydrogen-bond donors (Lipinski definition) is 3. The molecule has 4 fully saturated rings. The minimum atomic E-state index is -4.83. The van der Waals surface area contributed by atoms with E-state index in [-0.39, 0.29) is 54.5 Å². The summed E-state index contributed by atoms with van der Waals surface area (Å²) in [6.45, 7) is 9.86. The monoisotopic (exact) mass is 893 g/mol. The Balaban J connectivity index is 0.836. The molecule has 3 saturated heterocycles. The second-order valence-electron chi connectivity index (χ2n) is 18.4. The van der Waals surface area contributed by atoms with Gasteiger partial charge >= 0.3 is 12.3 Å². The molecule has 1 aliphatic carbocycles. The molecule has 3 N–H and O–H groups in total. The lowest BCUT2D eigenvalue weighted by molar-refractivity contribution is -0.141. The summed E-state index contributed by atoms with van der Waals surface area (Å²) in [7, 11) is 0. The van der Waals surface area contributed by atoms with Crippen LogP contribution in [0.1, 0.15) is 106 Å². The van der Waals surface area contributed by atoms with E-state index >= 15 is 0 Å². The number of nitrogens with zero attached hydrogens (tertiary/aromatic N) is 8. The van der Waals surface area contributed by atoms with Gasteiger partial charge in [0.05, 0.1) is 36.4 Å². The molecule has 64 heavy (non-hydrogen) atoms. The average Bonchev–Trinajstić information content (AvgIpc) is 3.87. The molecule has 4 amide bonds. The van der Waals surface area contributed by atoms with Crippen LogP contribution in [0.3, 0.4) is 0 Å². The van der Waals surface area contributed by atoms with Gasteiger partial charge in [0.15, 0.2) is 11.3 Å². The lowest BCUT2D eigenvalue weighted by Gasteiger charge is -2.37. The van der Waals surface area contributed by atoms with E-state index in [0.717, 1.165) is 63.2 Å². The van der Waals surface area contributed by atoms with Gasteiger partial charge in [-0.2, -0.15) is 23.4 Å². The molecule has 20 heteroatoms. The molecule has 6 heterocycles. The van der Waals surface area contributed by atoms with Crippen LogP contribution in [0.2, 0.25) is 0 Å². The van der Waals surface area contributed by atoms with Gasteiger partial charge in [0.25, 0.3) is 5.91 Å². The van der Waals surface area contributed by atoms with E-state index in [9.17, 15) is 36.7 Å². The minimum absolute atomic E-state index is 0.0201. The summed E-state index contributed by atoms with van der Waals surface area (Å²) in [6.07, 6.45) is 2.14. The fraction of sp³-hybridized carbons (Fsp3) is 0.568. The number of hydrogen-bond acceptors (Lipinski definition) is 11. The van der Waals surface area contributed by atoms with Gasteiger partial charge in [-0.25, -0.2) is 18.7 Å². The molecule has 0 spiro atoms. The molecule has 3 aromatic heterocycles. The number of imide groups is 1. The maximum atomic E-state index is 14.9. The zero-order valence-corrected chi connectivity index (χ0v) is 36.2. The van der Waals surface area contributed by atoms with Crippen LogP contribution >= 0.6 is 0 Å². The highest BCUT2D eigenvalue weighted by atomic mass is 19.4. The van der Waals surface area contributed by atoms with E-state index in [2.05, 4.69) is 40.9 Å². The first-order valence-corrected chi connectivity index (χ1v) is 22.1. The number of alkyl carbamates (subject to hydrolysis) is 1. The molecule has 3 atom stereocenters. The minimum Gasteiger partial charge on any atom is -0.444 e. The Morgan fingerprint density at radius 1 is 0.938 bits per heavy atom. The number of carbonyl (C=O) groups excluding carboxylic acids is 4. The molecule has 3 aliphatic heterocycles. The molecule has 1 saturated carbocycles. The summed E-state index contributed by atoms with van der Waals surface area (Å²) in [5, 5.41) is 15.7. The van der Waals surface area contributed by atoms with Crippen LogP contribution in [0, 0.1) is 5.92 Å². The molecule has 1 unspecified atom stereocenters. The van der Waals surface area contributed by atoms with E-state index in [1.165, 1.54) is 27.8 Å². The third kappa shape index (κ3) is 10.6. The van der Waals surface area contributed by atoms with E-state index in [1.54, 1.807) is 31.7 Å². The first-order valence-electron chi connectivity index (χ1n) is 22.1. The number of benzene rings is 1. The Morgan fingerprint density at radius 2 is 1.67 bits per heavy atom. The molecule has 344 valence electrons. The van der Waals surface area contributed by atoms with Gasteiger partial charge < -0.3 is 25.2 Å². The fourth-order valence-electron chi connectivity index (χ4n) is 9.29. The predicted molar refractivity (Wildman–Crippen MR) is 229 cm³/mol. The van der Waals surface area contributed by atoms with Gasteiger partial charge in [-0.1, -0.05) is 12.1 Å². The van der Waals surface area contributed by atoms with Gasteiger partial charge in [0, 0.05) is 63.6 Å². The second-order valence-corrected chi connectivity index (χ2v) is 18.4. The third-order valence-electron chi connectivity index (χ3n) is 12.6. The average molecular weight is 894 g/mol. The quantitative estimate of drug-likeness (QED) is 0.124. The number of alkyl halides is 4. The second kappa shape index (κ2) is 18.4. The number of amides is 4. The fourth-order valence-corrected chi connectivity index (χ4v) is 9.29. The van der Waals surface area contributed by atoms with E-state index in [1.807, 2.05) is 24.3 Å². The Kier molecular flexibility index (Phi) is 12.9. The number of anilines is 3. The van der Waals surface area contributed by atoms with E-state index in [4.69, 9.17) is 4.74 Å². The van der Waals surface area contributed by atoms with Crippen molar-refractivity contribution in [1.29, 1.82) is 0 Å². The third-order valence-corrected chi connectivity index (χ3v) is 12.6. The number of aromatic nitrogens is 5. The number of fused-ring (bicyclic) bond motifs is 1. The SMILES string of the molecule is CC(C)(C)OC(=O)N[C@@H]1C[C@@H](F)CN(c2ccn3ncc(C(=O)Nc4cn(C5CCC(CCN6CCN(c7ccc(C8CCC(=O)NC8=O)cc7)CC6)CC5)nc4C(F)(F)F)c3n2)C1. The molecular weight excluding hydrogens is 839 g/mol. The standard InChI is InChI=1S/C44H55F4N11O5/c1-43(2,3)64-42(63)50-30-22-29(45)24-57(25-30)36-15-17-58-39(52-36)34(23-49-58)41(62)51-35-26-59(54-38(35)44(46,47)48)32-8-4-27(5-9-32)14-16-55-18-20-56(21-19-55)31-10-6-28(7-11-31)33-12-13-37(60)53-40(33)61/h6-7,10-11,15,17,23,26-27,29-30,32-33H,4-5,8-9,12-14,16,18-22,24-25H2,1-3H3,(H,50,63)(H,51,62)(H,53,60,61)/t27?,29-,30-,32?,33?/m1/s1. The van der Waals surface area contributed by atoms with Crippen LogP contribution in [0.5, 0.6) is 0 Å². The van der Waals surface area contributed by atoms with Gasteiger partial charge in [-0.15, -0.1) is 0 Å². The molecule has 0 radical (unpaired) electrons. The van der Waals surface area contributed by atoms with Crippen molar-refractivity contribution < 1.29 is 41.5 Å². The van der Waals surface area contributed by atoms with Gasteiger partial charge in [-0.05, 0) is 95.5 Å². The number of piperazine rings is 1. The lowest BCUT2D eigenvalue weighted by atomic mass is 9.84. The van der Waals surface area contributed by atoms with Crippen molar-refractivity contribution in [2.24, 2.45) is 5.92 Å². The smallest absolute Gasteiger partial charge is 0.437 e. The highest BCUT2D eigenvalue weighted by molar-refractivity contribution is 6.08.